The van der Waals surface area contributed by atoms with Crippen LogP contribution in [0.3, 0.4) is 0 Å². The largest absolute Gasteiger partial charge is 0.462 e. The van der Waals surface area contributed by atoms with Gasteiger partial charge in [0, 0.05) is 19.3 Å². The van der Waals surface area contributed by atoms with Gasteiger partial charge in [0.25, 0.3) is 0 Å². The summed E-state index contributed by atoms with van der Waals surface area (Å²) in [6, 6.07) is 0. The van der Waals surface area contributed by atoms with Crippen LogP contribution < -0.4 is 0 Å². The van der Waals surface area contributed by atoms with Crippen LogP contribution in [0.25, 0.3) is 0 Å². The minimum absolute atomic E-state index is 0.0782. The Balaban J connectivity index is 4.37. The smallest absolute Gasteiger partial charge is 0.306 e. The average Bonchev–Trinajstić information content (AvgIpc) is 3.37. The summed E-state index contributed by atoms with van der Waals surface area (Å²) >= 11 is 0. The number of unbranched alkanes of at least 4 members (excludes halogenated alkanes) is 35. The fourth-order valence-corrected chi connectivity index (χ4v) is 8.86. The Morgan fingerprint density at radius 1 is 0.296 bits per heavy atom. The van der Waals surface area contributed by atoms with Crippen LogP contribution in [0.4, 0.5) is 0 Å². The van der Waals surface area contributed by atoms with E-state index in [1.54, 1.807) is 0 Å². The van der Waals surface area contributed by atoms with Crippen molar-refractivity contribution in [3.63, 3.8) is 0 Å². The molecule has 0 N–H and O–H groups in total. The fourth-order valence-electron chi connectivity index (χ4n) is 8.86. The van der Waals surface area contributed by atoms with Crippen molar-refractivity contribution in [2.24, 2.45) is 0 Å². The highest BCUT2D eigenvalue weighted by Crippen LogP contribution is 2.16. The summed E-state index contributed by atoms with van der Waals surface area (Å²) in [6.07, 6.45) is 75.0. The van der Waals surface area contributed by atoms with Crippen LogP contribution in [0.5, 0.6) is 0 Å². The van der Waals surface area contributed by atoms with Crippen molar-refractivity contribution >= 4 is 17.9 Å². The molecule has 1 unspecified atom stereocenters. The summed E-state index contributed by atoms with van der Waals surface area (Å²) < 4.78 is 16.9. The van der Waals surface area contributed by atoms with E-state index >= 15 is 0 Å². The maximum atomic E-state index is 12.9. The van der Waals surface area contributed by atoms with E-state index in [9.17, 15) is 14.4 Å². The summed E-state index contributed by atoms with van der Waals surface area (Å²) in [6.45, 7) is 6.54. The Labute approximate surface area is 440 Å². The quantitative estimate of drug-likeness (QED) is 0.0261. The first kappa shape index (κ1) is 68.1. The number of ether oxygens (including phenoxy) is 3. The molecule has 0 rings (SSSR count). The number of hydrogen-bond acceptors (Lipinski definition) is 6. The number of carbonyl (C=O) groups excluding carboxylic acids is 3. The zero-order valence-electron chi connectivity index (χ0n) is 47.2. The third kappa shape index (κ3) is 57.9. The number of esters is 3. The van der Waals surface area contributed by atoms with Crippen molar-refractivity contribution in [3.8, 4) is 0 Å². The molecule has 0 radical (unpaired) electrons. The van der Waals surface area contributed by atoms with Gasteiger partial charge in [-0.15, -0.1) is 0 Å². The number of allylic oxidation sites excluding steroid dienone is 10. The number of hydrogen-bond donors (Lipinski definition) is 0. The Morgan fingerprint density at radius 2 is 0.549 bits per heavy atom. The monoisotopic (exact) mass is 993 g/mol. The molecule has 0 aliphatic heterocycles. The molecular weight excluding hydrogens is 877 g/mol. The van der Waals surface area contributed by atoms with E-state index in [1.165, 1.54) is 199 Å². The number of rotatable bonds is 56. The van der Waals surface area contributed by atoms with E-state index in [1.807, 2.05) is 0 Å². The van der Waals surface area contributed by atoms with Crippen LogP contribution in [0.2, 0.25) is 0 Å². The lowest BCUT2D eigenvalue weighted by Gasteiger charge is -2.18. The molecule has 6 heteroatoms. The second-order valence-corrected chi connectivity index (χ2v) is 20.6. The van der Waals surface area contributed by atoms with Crippen LogP contribution in [0, 0.1) is 0 Å². The molecule has 0 amide bonds. The van der Waals surface area contributed by atoms with Crippen molar-refractivity contribution in [2.75, 3.05) is 13.2 Å². The molecule has 6 nitrogen and oxygen atoms in total. The summed E-state index contributed by atoms with van der Waals surface area (Å²) in [7, 11) is 0. The van der Waals surface area contributed by atoms with Crippen LogP contribution in [0.1, 0.15) is 316 Å². The molecule has 0 aliphatic rings. The average molecular weight is 994 g/mol. The maximum Gasteiger partial charge on any atom is 0.306 e. The van der Waals surface area contributed by atoms with E-state index in [0.29, 0.717) is 19.3 Å². The molecule has 71 heavy (non-hydrogen) atoms. The third-order valence-corrected chi connectivity index (χ3v) is 13.5. The van der Waals surface area contributed by atoms with E-state index in [-0.39, 0.29) is 31.1 Å². The number of carbonyl (C=O) groups is 3. The summed E-state index contributed by atoms with van der Waals surface area (Å²) in [5, 5.41) is 0. The predicted molar refractivity (Wildman–Crippen MR) is 307 cm³/mol. The Hall–Kier alpha value is -2.89. The second kappa shape index (κ2) is 59.7. The van der Waals surface area contributed by atoms with E-state index in [0.717, 1.165) is 77.0 Å². The molecule has 0 aromatic rings. The van der Waals surface area contributed by atoms with Crippen LogP contribution in [-0.2, 0) is 28.6 Å². The van der Waals surface area contributed by atoms with Gasteiger partial charge in [0.05, 0.1) is 0 Å². The molecule has 0 heterocycles. The standard InChI is InChI=1S/C65H116O6/c1-4-7-10-13-16-19-22-25-28-30-32-34-37-40-43-46-49-52-55-58-64(67)70-61-62(60-69-63(66)57-54-51-48-45-42-39-36-27-24-21-18-15-12-9-6-3)71-65(68)59-56-53-50-47-44-41-38-35-33-31-29-26-23-20-17-14-11-8-5-2/h7,10,16,19,21,24-25,28,31,33,62H,4-6,8-9,11-15,17-18,20,22-23,26-27,29-30,32,34-61H2,1-3H3/b10-7-,19-16-,24-21-,28-25-,33-31-. The van der Waals surface area contributed by atoms with E-state index in [4.69, 9.17) is 14.2 Å². The Morgan fingerprint density at radius 3 is 0.887 bits per heavy atom. The molecule has 0 spiro atoms. The van der Waals surface area contributed by atoms with Crippen molar-refractivity contribution < 1.29 is 28.6 Å². The summed E-state index contributed by atoms with van der Waals surface area (Å²) in [5.41, 5.74) is 0. The topological polar surface area (TPSA) is 78.9 Å². The van der Waals surface area contributed by atoms with Crippen LogP contribution in [-0.4, -0.2) is 37.2 Å². The minimum Gasteiger partial charge on any atom is -0.462 e. The maximum absolute atomic E-state index is 12.9. The van der Waals surface area contributed by atoms with Gasteiger partial charge < -0.3 is 14.2 Å². The molecular formula is C65H116O6. The van der Waals surface area contributed by atoms with Gasteiger partial charge in [0.1, 0.15) is 13.2 Å². The first-order valence-electron chi connectivity index (χ1n) is 30.8. The first-order valence-corrected chi connectivity index (χ1v) is 30.8. The lowest BCUT2D eigenvalue weighted by atomic mass is 10.1. The highest BCUT2D eigenvalue weighted by atomic mass is 16.6. The van der Waals surface area contributed by atoms with Gasteiger partial charge in [-0.3, -0.25) is 14.4 Å². The summed E-state index contributed by atoms with van der Waals surface area (Å²) in [5.74, 6) is -0.877. The highest BCUT2D eigenvalue weighted by molar-refractivity contribution is 5.71. The molecule has 1 atom stereocenters. The predicted octanol–water partition coefficient (Wildman–Crippen LogP) is 20.8. The van der Waals surface area contributed by atoms with Crippen molar-refractivity contribution in [1.29, 1.82) is 0 Å². The van der Waals surface area contributed by atoms with Gasteiger partial charge in [0.2, 0.25) is 0 Å². The van der Waals surface area contributed by atoms with E-state index in [2.05, 4.69) is 81.5 Å². The van der Waals surface area contributed by atoms with Gasteiger partial charge in [-0.2, -0.15) is 0 Å². The van der Waals surface area contributed by atoms with Gasteiger partial charge in [-0.1, -0.05) is 255 Å². The highest BCUT2D eigenvalue weighted by Gasteiger charge is 2.19. The fraction of sp³-hybridized carbons (Fsp3) is 0.800. The third-order valence-electron chi connectivity index (χ3n) is 13.5. The molecule has 0 aromatic heterocycles. The Kier molecular flexibility index (Phi) is 57.2. The molecule has 0 bridgehead atoms. The molecule has 0 aliphatic carbocycles. The Bertz CT molecular complexity index is 1280. The zero-order valence-corrected chi connectivity index (χ0v) is 47.2. The van der Waals surface area contributed by atoms with Gasteiger partial charge >= 0.3 is 17.9 Å². The van der Waals surface area contributed by atoms with Crippen molar-refractivity contribution in [2.45, 2.75) is 322 Å². The van der Waals surface area contributed by atoms with Crippen LogP contribution >= 0.6 is 0 Å². The SMILES string of the molecule is CC/C=C\C/C=C\C/C=C\CCCCCCCCCCCC(=O)OCC(COC(=O)CCCCCCCCC/C=C\CCCCCC)OC(=O)CCCCCCCCC/C=C\CCCCCCCCCC. The minimum atomic E-state index is -0.781. The van der Waals surface area contributed by atoms with Gasteiger partial charge in [-0.25, -0.2) is 0 Å². The molecule has 0 saturated carbocycles. The molecule has 0 aromatic carbocycles. The molecule has 0 saturated heterocycles. The molecule has 0 fully saturated rings. The second-order valence-electron chi connectivity index (χ2n) is 20.6. The van der Waals surface area contributed by atoms with E-state index < -0.39 is 6.10 Å². The van der Waals surface area contributed by atoms with Gasteiger partial charge in [-0.05, 0) is 103 Å². The molecule has 412 valence electrons. The van der Waals surface area contributed by atoms with Gasteiger partial charge in [0.15, 0.2) is 6.10 Å². The van der Waals surface area contributed by atoms with Crippen molar-refractivity contribution in [1.82, 2.24) is 0 Å². The zero-order chi connectivity index (χ0) is 51.4. The lowest BCUT2D eigenvalue weighted by Crippen LogP contribution is -2.30. The first-order chi connectivity index (χ1) is 35.0. The lowest BCUT2D eigenvalue weighted by molar-refractivity contribution is -0.167. The van der Waals surface area contributed by atoms with Crippen LogP contribution in [0.15, 0.2) is 60.8 Å². The van der Waals surface area contributed by atoms with Crippen molar-refractivity contribution in [3.05, 3.63) is 60.8 Å². The normalized spacial score (nSPS) is 12.4. The summed E-state index contributed by atoms with van der Waals surface area (Å²) in [4.78, 5) is 38.3.